The van der Waals surface area contributed by atoms with E-state index >= 15 is 0 Å². The molecular formula is C16H24N4O2. The molecule has 0 aromatic heterocycles. The number of ether oxygens (including phenoxy) is 1. The molecule has 1 N–H and O–H groups in total. The van der Waals surface area contributed by atoms with E-state index in [4.69, 9.17) is 10.3 Å². The van der Waals surface area contributed by atoms with E-state index in [2.05, 4.69) is 15.3 Å². The number of nitrogens with zero attached hydrogens (tertiary/aromatic N) is 3. The lowest BCUT2D eigenvalue weighted by molar-refractivity contribution is -0.150. The highest BCUT2D eigenvalue weighted by Crippen LogP contribution is 2.10. The fraction of sp³-hybridized carbons (Fsp3) is 0.562. The Morgan fingerprint density at radius 1 is 1.23 bits per heavy atom. The van der Waals surface area contributed by atoms with Crippen LogP contribution in [-0.2, 0) is 22.5 Å². The molecule has 0 heterocycles. The van der Waals surface area contributed by atoms with Crippen molar-refractivity contribution in [3.05, 3.63) is 45.8 Å². The van der Waals surface area contributed by atoms with Crippen LogP contribution in [0, 0.1) is 0 Å². The quantitative estimate of drug-likeness (QED) is 0.346. The van der Waals surface area contributed by atoms with Gasteiger partial charge in [0.2, 0.25) is 0 Å². The van der Waals surface area contributed by atoms with Gasteiger partial charge in [0.25, 0.3) is 0 Å². The lowest BCUT2D eigenvalue weighted by Crippen LogP contribution is -2.44. The first-order valence-electron chi connectivity index (χ1n) is 7.47. The lowest BCUT2D eigenvalue weighted by Gasteiger charge is -2.21. The van der Waals surface area contributed by atoms with Crippen LogP contribution in [0.5, 0.6) is 0 Å². The van der Waals surface area contributed by atoms with Crippen molar-refractivity contribution in [3.63, 3.8) is 0 Å². The Morgan fingerprint density at radius 2 is 1.82 bits per heavy atom. The second-order valence-corrected chi connectivity index (χ2v) is 5.77. The summed E-state index contributed by atoms with van der Waals surface area (Å²) < 4.78 is 5.31. The fourth-order valence-corrected chi connectivity index (χ4v) is 2.06. The zero-order valence-corrected chi connectivity index (χ0v) is 13.6. The van der Waals surface area contributed by atoms with Gasteiger partial charge in [0.05, 0.1) is 12.6 Å². The summed E-state index contributed by atoms with van der Waals surface area (Å²) in [6, 6.07) is 7.52. The second kappa shape index (κ2) is 9.07. The molecule has 0 bridgehead atoms. The normalized spacial score (nSPS) is 12.1. The molecule has 120 valence electrons. The van der Waals surface area contributed by atoms with Gasteiger partial charge in [-0.1, -0.05) is 43.2 Å². The summed E-state index contributed by atoms with van der Waals surface area (Å²) in [6.07, 6.45) is 0.432. The Labute approximate surface area is 131 Å². The summed E-state index contributed by atoms with van der Waals surface area (Å²) in [7, 11) is 0. The molecule has 0 fully saturated rings. The molecule has 0 radical (unpaired) electrons. The standard InChI is InChI=1S/C16H24N4O2/c1-11(2)19-15(16(21)22-12(3)4)9-13-5-7-14(8-6-13)10-18-20-17/h5-8,11-12,15,19H,9-10H2,1-4H3/t15-/m0/s1. The molecule has 1 aromatic rings. The van der Waals surface area contributed by atoms with Crippen molar-refractivity contribution in [3.8, 4) is 0 Å². The highest BCUT2D eigenvalue weighted by atomic mass is 16.5. The van der Waals surface area contributed by atoms with Crippen LogP contribution in [0.1, 0.15) is 38.8 Å². The Morgan fingerprint density at radius 3 is 2.32 bits per heavy atom. The summed E-state index contributed by atoms with van der Waals surface area (Å²) >= 11 is 0. The second-order valence-electron chi connectivity index (χ2n) is 5.77. The smallest absolute Gasteiger partial charge is 0.323 e. The van der Waals surface area contributed by atoms with Gasteiger partial charge in [-0.25, -0.2) is 0 Å². The van der Waals surface area contributed by atoms with E-state index in [1.807, 2.05) is 52.0 Å². The molecule has 1 atom stereocenters. The van der Waals surface area contributed by atoms with Crippen molar-refractivity contribution in [2.24, 2.45) is 5.11 Å². The first-order chi connectivity index (χ1) is 10.4. The molecule has 0 spiro atoms. The summed E-state index contributed by atoms with van der Waals surface area (Å²) in [5.74, 6) is -0.234. The monoisotopic (exact) mass is 304 g/mol. The minimum absolute atomic E-state index is 0.129. The molecule has 0 amide bonds. The molecule has 0 unspecified atom stereocenters. The van der Waals surface area contributed by atoms with Gasteiger partial charge in [-0.2, -0.15) is 0 Å². The number of hydrogen-bond acceptors (Lipinski definition) is 4. The number of carbonyl (C=O) groups is 1. The summed E-state index contributed by atoms with van der Waals surface area (Å²) in [5, 5.41) is 6.77. The van der Waals surface area contributed by atoms with Crippen LogP contribution in [0.4, 0.5) is 0 Å². The van der Waals surface area contributed by atoms with Crippen LogP contribution in [-0.4, -0.2) is 24.2 Å². The average molecular weight is 304 g/mol. The van der Waals surface area contributed by atoms with Gasteiger partial charge in [-0.05, 0) is 36.9 Å². The highest BCUT2D eigenvalue weighted by Gasteiger charge is 2.22. The summed E-state index contributed by atoms with van der Waals surface area (Å²) in [6.45, 7) is 8.01. The molecule has 1 rings (SSSR count). The maximum atomic E-state index is 12.2. The Hall–Kier alpha value is -2.04. The van der Waals surface area contributed by atoms with Crippen LogP contribution in [0.25, 0.3) is 10.4 Å². The molecule has 22 heavy (non-hydrogen) atoms. The minimum Gasteiger partial charge on any atom is -0.462 e. The third kappa shape index (κ3) is 6.61. The summed E-state index contributed by atoms with van der Waals surface area (Å²) in [4.78, 5) is 14.9. The third-order valence-electron chi connectivity index (χ3n) is 2.95. The number of nitrogens with one attached hydrogen (secondary N) is 1. The minimum atomic E-state index is -0.370. The van der Waals surface area contributed by atoms with E-state index in [-0.39, 0.29) is 24.2 Å². The van der Waals surface area contributed by atoms with Gasteiger partial charge >= 0.3 is 5.97 Å². The average Bonchev–Trinajstić information content (AvgIpc) is 2.44. The van der Waals surface area contributed by atoms with Crippen molar-refractivity contribution in [2.75, 3.05) is 0 Å². The number of benzene rings is 1. The topological polar surface area (TPSA) is 87.1 Å². The van der Waals surface area contributed by atoms with Crippen molar-refractivity contribution in [2.45, 2.75) is 58.8 Å². The third-order valence-corrected chi connectivity index (χ3v) is 2.95. The van der Waals surface area contributed by atoms with Gasteiger partial charge < -0.3 is 10.1 Å². The number of azide groups is 1. The molecular weight excluding hydrogens is 280 g/mol. The molecule has 0 aliphatic rings. The Kier molecular flexibility index (Phi) is 7.43. The van der Waals surface area contributed by atoms with Crippen molar-refractivity contribution < 1.29 is 9.53 Å². The van der Waals surface area contributed by atoms with Gasteiger partial charge in [-0.15, -0.1) is 0 Å². The number of hydrogen-bond donors (Lipinski definition) is 1. The molecule has 6 heteroatoms. The Balaban J connectivity index is 2.75. The largest absolute Gasteiger partial charge is 0.462 e. The first kappa shape index (κ1) is 18.0. The van der Waals surface area contributed by atoms with Gasteiger partial charge in [0.15, 0.2) is 0 Å². The van der Waals surface area contributed by atoms with Crippen LogP contribution in [0.3, 0.4) is 0 Å². The number of carbonyl (C=O) groups excluding carboxylic acids is 1. The van der Waals surface area contributed by atoms with Gasteiger partial charge in [-0.3, -0.25) is 4.79 Å². The zero-order valence-electron chi connectivity index (χ0n) is 13.6. The van der Waals surface area contributed by atoms with Crippen LogP contribution in [0.15, 0.2) is 29.4 Å². The van der Waals surface area contributed by atoms with Gasteiger partial charge in [0, 0.05) is 11.0 Å². The van der Waals surface area contributed by atoms with Crippen molar-refractivity contribution >= 4 is 5.97 Å². The van der Waals surface area contributed by atoms with E-state index < -0.39 is 0 Å². The first-order valence-corrected chi connectivity index (χ1v) is 7.47. The zero-order chi connectivity index (χ0) is 16.5. The molecule has 0 aliphatic heterocycles. The summed E-state index contributed by atoms with van der Waals surface area (Å²) in [5.41, 5.74) is 10.3. The van der Waals surface area contributed by atoms with Crippen LogP contribution in [0.2, 0.25) is 0 Å². The molecule has 1 aromatic carbocycles. The van der Waals surface area contributed by atoms with Crippen LogP contribution >= 0.6 is 0 Å². The van der Waals surface area contributed by atoms with E-state index in [1.165, 1.54) is 0 Å². The van der Waals surface area contributed by atoms with Crippen LogP contribution < -0.4 is 5.32 Å². The molecule has 6 nitrogen and oxygen atoms in total. The van der Waals surface area contributed by atoms with Crippen molar-refractivity contribution in [1.82, 2.24) is 5.32 Å². The molecule has 0 saturated carbocycles. The number of rotatable bonds is 8. The maximum Gasteiger partial charge on any atom is 0.323 e. The maximum absolute atomic E-state index is 12.2. The van der Waals surface area contributed by atoms with E-state index in [0.717, 1.165) is 11.1 Å². The molecule has 0 aliphatic carbocycles. The Bertz CT molecular complexity index is 519. The number of esters is 1. The van der Waals surface area contributed by atoms with Crippen molar-refractivity contribution in [1.29, 1.82) is 0 Å². The predicted octanol–water partition coefficient (Wildman–Crippen LogP) is 3.36. The SMILES string of the molecule is CC(C)N[C@@H](Cc1ccc(CN=[N+]=[N-])cc1)C(=O)OC(C)C. The van der Waals surface area contributed by atoms with E-state index in [0.29, 0.717) is 13.0 Å². The van der Waals surface area contributed by atoms with E-state index in [9.17, 15) is 4.79 Å². The van der Waals surface area contributed by atoms with Gasteiger partial charge in [0.1, 0.15) is 6.04 Å². The fourth-order valence-electron chi connectivity index (χ4n) is 2.06. The lowest BCUT2D eigenvalue weighted by atomic mass is 10.0. The van der Waals surface area contributed by atoms with E-state index in [1.54, 1.807) is 0 Å². The highest BCUT2D eigenvalue weighted by molar-refractivity contribution is 5.76. The predicted molar refractivity (Wildman–Crippen MR) is 86.3 cm³/mol. The molecule has 0 saturated heterocycles.